The summed E-state index contributed by atoms with van der Waals surface area (Å²) >= 11 is 0. The summed E-state index contributed by atoms with van der Waals surface area (Å²) in [4.78, 5) is 28.1. The van der Waals surface area contributed by atoms with Gasteiger partial charge in [-0.2, -0.15) is 0 Å². The van der Waals surface area contributed by atoms with Gasteiger partial charge < -0.3 is 14.5 Å². The van der Waals surface area contributed by atoms with Gasteiger partial charge in [-0.05, 0) is 24.6 Å². The van der Waals surface area contributed by atoms with Crippen LogP contribution in [0.2, 0.25) is 0 Å². The van der Waals surface area contributed by atoms with E-state index in [0.29, 0.717) is 24.0 Å². The summed E-state index contributed by atoms with van der Waals surface area (Å²) in [5.41, 5.74) is 1.67. The highest BCUT2D eigenvalue weighted by Gasteiger charge is 2.17. The van der Waals surface area contributed by atoms with Gasteiger partial charge in [0.1, 0.15) is 17.2 Å². The molecular formula is C26H37FN4O4S. The Morgan fingerprint density at radius 3 is 2.47 bits per heavy atom. The molecule has 8 nitrogen and oxygen atoms in total. The fourth-order valence-electron chi connectivity index (χ4n) is 3.07. The second-order valence-electron chi connectivity index (χ2n) is 7.50. The minimum Gasteiger partial charge on any atom is -0.452 e. The van der Waals surface area contributed by atoms with Crippen LogP contribution < -0.4 is 5.32 Å². The Balaban J connectivity index is 0.000000609. The number of unbranched alkanes of at least 4 members (excludes halogenated alkanes) is 1. The number of amides is 1. The molecule has 1 saturated heterocycles. The van der Waals surface area contributed by atoms with Gasteiger partial charge in [0, 0.05) is 71.2 Å². The zero-order chi connectivity index (χ0) is 27.1. The van der Waals surface area contributed by atoms with E-state index in [4.69, 9.17) is 4.74 Å². The highest BCUT2D eigenvalue weighted by atomic mass is 32.2. The molecule has 2 aromatic rings. The van der Waals surface area contributed by atoms with Crippen molar-refractivity contribution in [2.24, 2.45) is 0 Å². The van der Waals surface area contributed by atoms with E-state index in [9.17, 15) is 18.2 Å². The first kappa shape index (κ1) is 30.9. The normalized spacial score (nSPS) is 13.5. The fraction of sp³-hybridized carbons (Fsp3) is 0.423. The Morgan fingerprint density at radius 2 is 1.94 bits per heavy atom. The number of pyridine rings is 1. The highest BCUT2D eigenvalue weighted by Crippen LogP contribution is 2.25. The molecule has 36 heavy (non-hydrogen) atoms. The summed E-state index contributed by atoms with van der Waals surface area (Å²) in [6, 6.07) is 3.32. The summed E-state index contributed by atoms with van der Waals surface area (Å²) in [6.45, 7) is 15.8. The average molecular weight is 521 g/mol. The molecule has 0 atom stereocenters. The third-order valence-corrected chi connectivity index (χ3v) is 6.33. The van der Waals surface area contributed by atoms with Crippen molar-refractivity contribution in [2.45, 2.75) is 33.6 Å². The van der Waals surface area contributed by atoms with Crippen molar-refractivity contribution in [1.29, 1.82) is 0 Å². The van der Waals surface area contributed by atoms with Gasteiger partial charge in [-0.3, -0.25) is 13.9 Å². The van der Waals surface area contributed by atoms with Gasteiger partial charge in [-0.25, -0.2) is 14.2 Å². The molecular weight excluding hydrogens is 483 g/mol. The van der Waals surface area contributed by atoms with Crippen molar-refractivity contribution in [3.8, 4) is 0 Å². The molecule has 3 heterocycles. The Morgan fingerprint density at radius 1 is 1.28 bits per heavy atom. The van der Waals surface area contributed by atoms with E-state index in [0.717, 1.165) is 43.5 Å². The number of hydrogen-bond donors (Lipinski definition) is 1. The lowest BCUT2D eigenvalue weighted by atomic mass is 10.1. The van der Waals surface area contributed by atoms with Gasteiger partial charge in [0.05, 0.1) is 7.11 Å². The molecule has 1 aliphatic heterocycles. The van der Waals surface area contributed by atoms with Crippen LogP contribution in [0.4, 0.5) is 9.18 Å². The van der Waals surface area contributed by atoms with Crippen LogP contribution in [0.3, 0.4) is 0 Å². The molecule has 2 aromatic heterocycles. The van der Waals surface area contributed by atoms with E-state index in [1.54, 1.807) is 28.9 Å². The maximum absolute atomic E-state index is 14.7. The number of nitrogens with zero attached hydrogens (tertiary/aromatic N) is 3. The summed E-state index contributed by atoms with van der Waals surface area (Å²) in [5, 5.41) is 3.12. The lowest BCUT2D eigenvalue weighted by Crippen LogP contribution is -2.32. The number of carbonyl (C=O) groups is 2. The molecule has 0 radical (unpaired) electrons. The van der Waals surface area contributed by atoms with E-state index in [1.807, 2.05) is 20.8 Å². The minimum atomic E-state index is -0.625. The molecule has 198 valence electrons. The molecule has 0 spiro atoms. The van der Waals surface area contributed by atoms with Crippen molar-refractivity contribution in [3.63, 3.8) is 0 Å². The molecule has 1 aliphatic rings. The third-order valence-electron chi connectivity index (χ3n) is 5.01. The first-order valence-corrected chi connectivity index (χ1v) is 13.4. The van der Waals surface area contributed by atoms with Crippen LogP contribution >= 0.6 is 0 Å². The first-order chi connectivity index (χ1) is 17.3. The van der Waals surface area contributed by atoms with Crippen molar-refractivity contribution >= 4 is 34.4 Å². The summed E-state index contributed by atoms with van der Waals surface area (Å²) < 4.78 is 31.6. The molecule has 1 amide bonds. The molecule has 0 saturated carbocycles. The number of methoxy groups -OCH3 is 1. The molecule has 1 fully saturated rings. The van der Waals surface area contributed by atoms with Crippen LogP contribution in [0.25, 0.3) is 11.2 Å². The molecule has 0 aliphatic carbocycles. The maximum atomic E-state index is 14.7. The van der Waals surface area contributed by atoms with Crippen molar-refractivity contribution < 1.29 is 22.9 Å². The summed E-state index contributed by atoms with van der Waals surface area (Å²) in [7, 11) is 0.763. The molecule has 0 bridgehead atoms. The smallest absolute Gasteiger partial charge is 0.413 e. The lowest BCUT2D eigenvalue weighted by molar-refractivity contribution is 0.111. The number of imidazole rings is 1. The molecule has 3 rings (SSSR count). The molecule has 10 heteroatoms. The van der Waals surface area contributed by atoms with Crippen LogP contribution in [0.5, 0.6) is 0 Å². The molecule has 0 aromatic carbocycles. The number of fused-ring (bicyclic) bond motifs is 1. The number of ether oxygens (including phenoxy) is 1. The fourth-order valence-corrected chi connectivity index (χ4v) is 4.02. The van der Waals surface area contributed by atoms with Crippen LogP contribution in [-0.4, -0.2) is 69.1 Å². The van der Waals surface area contributed by atoms with Gasteiger partial charge in [0.2, 0.25) is 0 Å². The number of carbonyl (C=O) groups excluding carboxylic acids is 2. The minimum absolute atomic E-state index is 0.125. The monoisotopic (exact) mass is 520 g/mol. The lowest BCUT2D eigenvalue weighted by Gasteiger charge is -2.21. The number of aromatic nitrogens is 2. The Hall–Kier alpha value is -3.11. The van der Waals surface area contributed by atoms with Crippen molar-refractivity contribution in [2.75, 3.05) is 38.2 Å². The summed E-state index contributed by atoms with van der Waals surface area (Å²) in [5.74, 6) is 1.07. The number of nitrogens with one attached hydrogen (secondary N) is 1. The van der Waals surface area contributed by atoms with Crippen molar-refractivity contribution in [1.82, 2.24) is 19.6 Å². The second-order valence-corrected chi connectivity index (χ2v) is 9.20. The zero-order valence-corrected chi connectivity index (χ0v) is 22.4. The number of allylic oxidation sites excluding steroid dienone is 3. The van der Waals surface area contributed by atoms with E-state index >= 15 is 0 Å². The topological polar surface area (TPSA) is 93.0 Å². The number of aldehydes is 1. The third kappa shape index (κ3) is 9.50. The highest BCUT2D eigenvalue weighted by molar-refractivity contribution is 7.85. The Labute approximate surface area is 215 Å². The number of halogens is 1. The van der Waals surface area contributed by atoms with Crippen LogP contribution in [0, 0.1) is 0 Å². The van der Waals surface area contributed by atoms with E-state index in [2.05, 4.69) is 23.5 Å². The summed E-state index contributed by atoms with van der Waals surface area (Å²) in [6.07, 6.45) is 5.98. The van der Waals surface area contributed by atoms with Gasteiger partial charge in [-0.1, -0.05) is 40.3 Å². The standard InChI is InChI=1S/C20H22FN3O3.C4H9NOS.C2H6/c1-5-6-9-24(20(26)27-4)14(2)10-18(21)15(3)16-7-8-19-22-17(13-25)12-23(19)11-16;6-7-3-1-5-2-4-7;1-2/h7-8,10-13H,2-3,5-6,9H2,1,4H3;5H,1-4H2;1-2H3/b18-10+;;. The van der Waals surface area contributed by atoms with Gasteiger partial charge >= 0.3 is 6.09 Å². The van der Waals surface area contributed by atoms with Gasteiger partial charge in [0.25, 0.3) is 0 Å². The van der Waals surface area contributed by atoms with Crippen molar-refractivity contribution in [3.05, 3.63) is 66.5 Å². The predicted octanol–water partition coefficient (Wildman–Crippen LogP) is 4.76. The van der Waals surface area contributed by atoms with E-state index in [1.165, 1.54) is 12.0 Å². The van der Waals surface area contributed by atoms with Crippen LogP contribution in [0.15, 0.2) is 55.3 Å². The zero-order valence-electron chi connectivity index (χ0n) is 21.6. The largest absolute Gasteiger partial charge is 0.452 e. The van der Waals surface area contributed by atoms with Gasteiger partial charge in [-0.15, -0.1) is 0 Å². The first-order valence-electron chi connectivity index (χ1n) is 11.9. The Kier molecular flexibility index (Phi) is 14.2. The molecule has 1 N–H and O–H groups in total. The van der Waals surface area contributed by atoms with Crippen LogP contribution in [-0.2, 0) is 15.5 Å². The quantitative estimate of drug-likeness (QED) is 0.399. The Bertz CT molecular complexity index is 1090. The van der Waals surface area contributed by atoms with E-state index in [-0.39, 0.29) is 17.0 Å². The molecule has 0 unspecified atom stereocenters. The van der Waals surface area contributed by atoms with E-state index < -0.39 is 22.7 Å². The SMILES string of the molecule is C=C(/C(F)=C\C(=C)N(CCCC)C(=O)OC)c1ccc2nc(C=O)cn2c1.CC.O=S1CCNCC1. The number of hydrogen-bond acceptors (Lipinski definition) is 6. The number of rotatable bonds is 8. The average Bonchev–Trinajstić information content (AvgIpc) is 3.33. The maximum Gasteiger partial charge on any atom is 0.413 e. The predicted molar refractivity (Wildman–Crippen MR) is 144 cm³/mol. The van der Waals surface area contributed by atoms with Gasteiger partial charge in [0.15, 0.2) is 6.29 Å². The van der Waals surface area contributed by atoms with Crippen LogP contribution in [0.1, 0.15) is 49.7 Å². The second kappa shape index (κ2) is 16.5.